The highest BCUT2D eigenvalue weighted by Crippen LogP contribution is 2.43. The maximum absolute atomic E-state index is 2.53. The second-order valence-corrected chi connectivity index (χ2v) is 24.2. The molecule has 1 nitrogen and oxygen atoms in total. The first-order valence-corrected chi connectivity index (χ1v) is 22.7. The van der Waals surface area contributed by atoms with Gasteiger partial charge in [-0.1, -0.05) is 210 Å². The summed E-state index contributed by atoms with van der Waals surface area (Å²) < 4.78 is 2.53. The van der Waals surface area contributed by atoms with Crippen molar-refractivity contribution in [3.05, 3.63) is 149 Å². The topological polar surface area (TPSA) is 4.93 Å². The van der Waals surface area contributed by atoms with Crippen LogP contribution in [-0.2, 0) is 32.5 Å². The van der Waals surface area contributed by atoms with Crippen molar-refractivity contribution in [3.8, 4) is 39.1 Å². The van der Waals surface area contributed by atoms with E-state index in [-0.39, 0.29) is 32.5 Å². The van der Waals surface area contributed by atoms with Gasteiger partial charge >= 0.3 is 0 Å². The molecule has 0 amide bonds. The molecule has 61 heavy (non-hydrogen) atoms. The van der Waals surface area contributed by atoms with Gasteiger partial charge in [0, 0.05) is 16.3 Å². The largest absolute Gasteiger partial charge is 0.309 e. The van der Waals surface area contributed by atoms with Gasteiger partial charge in [0.25, 0.3) is 0 Å². The predicted octanol–water partition coefficient (Wildman–Crippen LogP) is 17.6. The van der Waals surface area contributed by atoms with E-state index < -0.39 is 0 Å². The summed E-state index contributed by atoms with van der Waals surface area (Å²) in [5, 5.41) is 2.54. The second kappa shape index (κ2) is 14.9. The molecule has 0 N–H and O–H groups in total. The summed E-state index contributed by atoms with van der Waals surface area (Å²) in [5.41, 5.74) is 19.5. The van der Waals surface area contributed by atoms with Crippen molar-refractivity contribution in [2.45, 2.75) is 157 Å². The van der Waals surface area contributed by atoms with Crippen molar-refractivity contribution < 1.29 is 0 Å². The highest BCUT2D eigenvalue weighted by molar-refractivity contribution is 6.12. The lowest BCUT2D eigenvalue weighted by Gasteiger charge is -2.27. The van der Waals surface area contributed by atoms with Crippen molar-refractivity contribution >= 4 is 21.8 Å². The molecule has 1 heterocycles. The van der Waals surface area contributed by atoms with E-state index in [0.717, 1.165) is 0 Å². The molecule has 6 aromatic carbocycles. The average molecular weight is 808 g/mol. The minimum atomic E-state index is 0.0128. The number of fused-ring (bicyclic) bond motifs is 3. The van der Waals surface area contributed by atoms with Gasteiger partial charge in [0.1, 0.15) is 0 Å². The molecular formula is C60H73N. The van der Waals surface area contributed by atoms with Crippen LogP contribution in [0.25, 0.3) is 60.9 Å². The van der Waals surface area contributed by atoms with Gasteiger partial charge in [0.2, 0.25) is 0 Å². The van der Waals surface area contributed by atoms with Crippen LogP contribution in [0.15, 0.2) is 115 Å². The third-order valence-corrected chi connectivity index (χ3v) is 12.9. The molecule has 0 atom stereocenters. The van der Waals surface area contributed by atoms with Crippen LogP contribution in [-0.4, -0.2) is 4.57 Å². The number of aromatic nitrogens is 1. The van der Waals surface area contributed by atoms with Gasteiger partial charge in [-0.15, -0.1) is 0 Å². The molecule has 0 radical (unpaired) electrons. The summed E-state index contributed by atoms with van der Waals surface area (Å²) in [7, 11) is 0. The van der Waals surface area contributed by atoms with Crippen LogP contribution >= 0.6 is 0 Å². The molecule has 1 aromatic heterocycles. The van der Waals surface area contributed by atoms with E-state index in [1.807, 2.05) is 0 Å². The molecule has 0 aliphatic carbocycles. The monoisotopic (exact) mass is 808 g/mol. The zero-order valence-corrected chi connectivity index (χ0v) is 40.9. The fourth-order valence-corrected chi connectivity index (χ4v) is 8.52. The van der Waals surface area contributed by atoms with E-state index >= 15 is 0 Å². The van der Waals surface area contributed by atoms with Crippen LogP contribution in [0.3, 0.4) is 0 Å². The number of benzene rings is 6. The van der Waals surface area contributed by atoms with Crippen molar-refractivity contribution in [2.75, 3.05) is 0 Å². The molecule has 0 spiro atoms. The average Bonchev–Trinajstić information content (AvgIpc) is 3.48. The van der Waals surface area contributed by atoms with E-state index in [4.69, 9.17) is 0 Å². The lowest BCUT2D eigenvalue weighted by molar-refractivity contribution is 0.568. The minimum absolute atomic E-state index is 0.0128. The normalized spacial score (nSPS) is 13.4. The van der Waals surface area contributed by atoms with Gasteiger partial charge in [0.05, 0.1) is 16.7 Å². The van der Waals surface area contributed by atoms with Gasteiger partial charge in [-0.3, -0.25) is 0 Å². The lowest BCUT2D eigenvalue weighted by Crippen LogP contribution is -2.16. The van der Waals surface area contributed by atoms with Crippen molar-refractivity contribution in [1.29, 1.82) is 0 Å². The van der Waals surface area contributed by atoms with Gasteiger partial charge in [0.15, 0.2) is 0 Å². The third-order valence-electron chi connectivity index (χ3n) is 12.9. The Kier molecular flexibility index (Phi) is 10.8. The molecule has 0 unspecified atom stereocenters. The van der Waals surface area contributed by atoms with Gasteiger partial charge in [-0.25, -0.2) is 0 Å². The van der Waals surface area contributed by atoms with E-state index in [1.165, 1.54) is 94.3 Å². The number of nitrogens with zero attached hydrogens (tertiary/aromatic N) is 1. The molecule has 7 rings (SSSR count). The predicted molar refractivity (Wildman–Crippen MR) is 269 cm³/mol. The Bertz CT molecular complexity index is 2540. The summed E-state index contributed by atoms with van der Waals surface area (Å²) >= 11 is 0. The van der Waals surface area contributed by atoms with Gasteiger partial charge in [-0.2, -0.15) is 0 Å². The summed E-state index contributed by atoms with van der Waals surface area (Å²) in [6, 6.07) is 45.3. The molecule has 0 fully saturated rings. The molecule has 0 saturated heterocycles. The fourth-order valence-electron chi connectivity index (χ4n) is 8.52. The Balaban J connectivity index is 1.56. The smallest absolute Gasteiger partial charge is 0.0541 e. The van der Waals surface area contributed by atoms with E-state index in [0.29, 0.717) is 0 Å². The number of hydrogen-bond acceptors (Lipinski definition) is 0. The SMILES string of the molecule is CC(C)(C)c1cc(-c2ccc3c(c2)c2cc(-c4cc(C(C)(C)C)cc(C(C)(C)C)c4)ccc2n3-c2ccccc2-c2cc(C(C)(C)C)cc(C(C)(C)C)c2)cc(C(C)(C)C)c1. The molecule has 0 saturated carbocycles. The van der Waals surface area contributed by atoms with Crippen LogP contribution < -0.4 is 0 Å². The summed E-state index contributed by atoms with van der Waals surface area (Å²) in [6.45, 7) is 41.9. The highest BCUT2D eigenvalue weighted by atomic mass is 15.0. The maximum atomic E-state index is 2.53. The Morgan fingerprint density at radius 1 is 0.279 bits per heavy atom. The van der Waals surface area contributed by atoms with Crippen molar-refractivity contribution in [3.63, 3.8) is 0 Å². The minimum Gasteiger partial charge on any atom is -0.309 e. The summed E-state index contributed by atoms with van der Waals surface area (Å²) in [4.78, 5) is 0. The summed E-state index contributed by atoms with van der Waals surface area (Å²) in [5.74, 6) is 0. The highest BCUT2D eigenvalue weighted by Gasteiger charge is 2.26. The molecule has 7 aromatic rings. The quantitative estimate of drug-likeness (QED) is 0.167. The molecule has 0 aliphatic rings. The van der Waals surface area contributed by atoms with E-state index in [9.17, 15) is 0 Å². The van der Waals surface area contributed by atoms with Crippen LogP contribution in [0.2, 0.25) is 0 Å². The third kappa shape index (κ3) is 8.91. The number of para-hydroxylation sites is 1. The second-order valence-electron chi connectivity index (χ2n) is 24.2. The first kappa shape index (κ1) is 44.2. The van der Waals surface area contributed by atoms with E-state index in [2.05, 4.69) is 244 Å². The number of hydrogen-bond donors (Lipinski definition) is 0. The number of rotatable bonds is 4. The Labute approximate surface area is 369 Å². The van der Waals surface area contributed by atoms with Gasteiger partial charge in [-0.05, 0) is 124 Å². The van der Waals surface area contributed by atoms with Gasteiger partial charge < -0.3 is 4.57 Å². The van der Waals surface area contributed by atoms with Crippen LogP contribution in [0.5, 0.6) is 0 Å². The molecule has 1 heteroatoms. The van der Waals surface area contributed by atoms with Crippen molar-refractivity contribution in [2.24, 2.45) is 0 Å². The first-order chi connectivity index (χ1) is 28.0. The Morgan fingerprint density at radius 3 is 0.885 bits per heavy atom. The lowest BCUT2D eigenvalue weighted by atomic mass is 9.78. The summed E-state index contributed by atoms with van der Waals surface area (Å²) in [6.07, 6.45) is 0. The molecule has 0 bridgehead atoms. The fraction of sp³-hybridized carbons (Fsp3) is 0.400. The molecule has 318 valence electrons. The zero-order valence-electron chi connectivity index (χ0n) is 40.9. The standard InChI is InChI=1S/C60H73N/c1-55(2,3)43-27-40(28-44(35-43)56(4,5)6)38-23-25-53-50(33-38)51-34-39(41-29-45(57(7,8)9)36-46(30-41)58(10,11)12)24-26-54(51)61(53)52-22-20-19-21-49(52)42-31-47(59(13,14)15)37-48(32-42)60(16,17)18/h19-37H,1-18H3. The van der Waals surface area contributed by atoms with E-state index in [1.54, 1.807) is 0 Å². The first-order valence-electron chi connectivity index (χ1n) is 22.7. The Hall–Kier alpha value is -4.88. The van der Waals surface area contributed by atoms with Crippen molar-refractivity contribution in [1.82, 2.24) is 4.57 Å². The van der Waals surface area contributed by atoms with Crippen LogP contribution in [0, 0.1) is 0 Å². The molecule has 0 aliphatic heterocycles. The van der Waals surface area contributed by atoms with Crippen LogP contribution in [0.1, 0.15) is 158 Å². The van der Waals surface area contributed by atoms with Crippen LogP contribution in [0.4, 0.5) is 0 Å². The molecular weight excluding hydrogens is 735 g/mol. The Morgan fingerprint density at radius 2 is 0.574 bits per heavy atom. The maximum Gasteiger partial charge on any atom is 0.0541 e. The zero-order chi connectivity index (χ0) is 44.8.